The van der Waals surface area contributed by atoms with Crippen LogP contribution in [-0.2, 0) is 19.1 Å². The molecule has 1 amide bonds. The summed E-state index contributed by atoms with van der Waals surface area (Å²) in [5.74, 6) is -1.92. The number of carboxylic acid groups (broad SMARTS) is 1. The van der Waals surface area contributed by atoms with Crippen molar-refractivity contribution in [3.05, 3.63) is 34.3 Å². The maximum absolute atomic E-state index is 13.0. The van der Waals surface area contributed by atoms with Gasteiger partial charge >= 0.3 is 5.97 Å². The number of hydrogen-bond acceptors (Lipinski definition) is 8. The van der Waals surface area contributed by atoms with Gasteiger partial charge in [0.2, 0.25) is 5.91 Å². The van der Waals surface area contributed by atoms with Crippen LogP contribution in [0.4, 0.5) is 0 Å². The van der Waals surface area contributed by atoms with Gasteiger partial charge in [-0.2, -0.15) is 0 Å². The van der Waals surface area contributed by atoms with E-state index in [1.165, 1.54) is 36.1 Å². The summed E-state index contributed by atoms with van der Waals surface area (Å²) in [5.41, 5.74) is -1.44. The average molecular weight is 479 g/mol. The largest absolute Gasteiger partial charge is 0.479 e. The number of thioether (sulfide) groups is 1. The molecular formula is C22H26N2O6S2. The lowest BCUT2D eigenvalue weighted by Gasteiger charge is -2.40. The van der Waals surface area contributed by atoms with Gasteiger partial charge in [0.25, 0.3) is 0 Å². The van der Waals surface area contributed by atoms with E-state index in [0.29, 0.717) is 23.5 Å². The van der Waals surface area contributed by atoms with Gasteiger partial charge in [-0.3, -0.25) is 9.59 Å². The van der Waals surface area contributed by atoms with Crippen LogP contribution in [0, 0.1) is 0 Å². The number of epoxide rings is 1. The Labute approximate surface area is 194 Å². The van der Waals surface area contributed by atoms with Crippen molar-refractivity contribution in [1.82, 2.24) is 10.3 Å². The molecule has 2 fully saturated rings. The number of ether oxygens (including phenoxy) is 1. The Morgan fingerprint density at radius 3 is 2.75 bits per heavy atom. The van der Waals surface area contributed by atoms with Gasteiger partial charge in [-0.1, -0.05) is 12.2 Å². The number of rotatable bonds is 2. The number of allylic oxidation sites excluding steroid dienone is 2. The summed E-state index contributed by atoms with van der Waals surface area (Å²) in [5, 5.41) is 26.2. The highest BCUT2D eigenvalue weighted by Crippen LogP contribution is 2.61. The number of nitrogens with one attached hydrogen (secondary N) is 1. The topological polar surface area (TPSA) is 129 Å². The molecule has 10 heteroatoms. The first-order valence-electron chi connectivity index (χ1n) is 10.4. The molecule has 0 radical (unpaired) electrons. The Hall–Kier alpha value is -2.01. The molecular weight excluding hydrogens is 452 g/mol. The quantitative estimate of drug-likeness (QED) is 0.553. The van der Waals surface area contributed by atoms with Crippen LogP contribution in [-0.4, -0.2) is 60.2 Å². The summed E-state index contributed by atoms with van der Waals surface area (Å²) in [7, 11) is 0. The third kappa shape index (κ3) is 4.05. The lowest BCUT2D eigenvalue weighted by molar-refractivity contribution is -0.160. The lowest BCUT2D eigenvalue weighted by Crippen LogP contribution is -2.56. The van der Waals surface area contributed by atoms with Crippen molar-refractivity contribution in [2.45, 2.75) is 73.4 Å². The van der Waals surface area contributed by atoms with E-state index >= 15 is 0 Å². The second-order valence-electron chi connectivity index (χ2n) is 8.96. The van der Waals surface area contributed by atoms with Crippen LogP contribution in [0.1, 0.15) is 56.8 Å². The first-order chi connectivity index (χ1) is 15.0. The zero-order chi connectivity index (χ0) is 23.3. The minimum absolute atomic E-state index is 0.168. The van der Waals surface area contributed by atoms with Gasteiger partial charge in [-0.25, -0.2) is 9.78 Å². The molecule has 0 aromatic carbocycles. The van der Waals surface area contributed by atoms with Crippen LogP contribution < -0.4 is 5.32 Å². The number of carbonyl (C=O) groups excluding carboxylic acids is 2. The van der Waals surface area contributed by atoms with Gasteiger partial charge in [0.1, 0.15) is 17.2 Å². The van der Waals surface area contributed by atoms with Gasteiger partial charge < -0.3 is 20.3 Å². The lowest BCUT2D eigenvalue weighted by atomic mass is 9.80. The van der Waals surface area contributed by atoms with Crippen molar-refractivity contribution >= 4 is 46.8 Å². The fourth-order valence-electron chi connectivity index (χ4n) is 4.42. The van der Waals surface area contributed by atoms with E-state index in [0.717, 1.165) is 0 Å². The second-order valence-corrected chi connectivity index (χ2v) is 11.8. The molecule has 0 spiro atoms. The Bertz CT molecular complexity index is 1020. The average Bonchev–Trinajstić information content (AvgIpc) is 3.27. The number of aliphatic carboxylic acids is 1. The molecule has 4 heterocycles. The van der Waals surface area contributed by atoms with Gasteiger partial charge in [0.15, 0.2) is 11.4 Å². The van der Waals surface area contributed by atoms with Crippen LogP contribution in [0.2, 0.25) is 0 Å². The molecule has 3 aliphatic rings. The number of thiazole rings is 1. The minimum atomic E-state index is -2.15. The van der Waals surface area contributed by atoms with Gasteiger partial charge in [-0.05, 0) is 45.8 Å². The van der Waals surface area contributed by atoms with E-state index in [-0.39, 0.29) is 24.2 Å². The highest BCUT2D eigenvalue weighted by molar-refractivity contribution is 8.02. The monoisotopic (exact) mass is 478 g/mol. The maximum atomic E-state index is 13.0. The molecule has 0 unspecified atom stereocenters. The van der Waals surface area contributed by atoms with Crippen molar-refractivity contribution in [2.75, 3.05) is 0 Å². The minimum Gasteiger partial charge on any atom is -0.479 e. The summed E-state index contributed by atoms with van der Waals surface area (Å²) in [6.45, 7) is 4.96. The summed E-state index contributed by atoms with van der Waals surface area (Å²) in [6, 6.07) is -0.372. The number of carbonyl (C=O) groups is 3. The van der Waals surface area contributed by atoms with Crippen LogP contribution in [0.5, 0.6) is 0 Å². The molecule has 0 saturated carbocycles. The third-order valence-corrected chi connectivity index (χ3v) is 9.59. The Kier molecular flexibility index (Phi) is 5.85. The first-order valence-corrected chi connectivity index (χ1v) is 12.1. The fraction of sp³-hybridized carbons (Fsp3) is 0.545. The first kappa shape index (κ1) is 23.2. The number of fused-ring (bicyclic) bond motifs is 6. The van der Waals surface area contributed by atoms with Crippen LogP contribution in [0.25, 0.3) is 6.08 Å². The van der Waals surface area contributed by atoms with Crippen LogP contribution >= 0.6 is 23.1 Å². The molecule has 3 N–H and O–H groups in total. The Balaban J connectivity index is 1.70. The van der Waals surface area contributed by atoms with Gasteiger partial charge in [0, 0.05) is 16.5 Å². The van der Waals surface area contributed by atoms with Crippen molar-refractivity contribution in [1.29, 1.82) is 0 Å². The molecule has 1 aromatic heterocycles. The highest BCUT2D eigenvalue weighted by atomic mass is 32.2. The zero-order valence-electron chi connectivity index (χ0n) is 18.0. The normalized spacial score (nSPS) is 38.7. The third-order valence-electron chi connectivity index (χ3n) is 6.50. The van der Waals surface area contributed by atoms with E-state index in [1.807, 2.05) is 19.2 Å². The van der Waals surface area contributed by atoms with Gasteiger partial charge in [-0.15, -0.1) is 23.1 Å². The van der Waals surface area contributed by atoms with E-state index in [1.54, 1.807) is 18.2 Å². The molecule has 2 saturated heterocycles. The molecule has 4 bridgehead atoms. The van der Waals surface area contributed by atoms with Crippen LogP contribution in [0.3, 0.4) is 0 Å². The smallest absolute Gasteiger partial charge is 0.336 e. The second kappa shape index (κ2) is 8.09. The van der Waals surface area contributed by atoms with Crippen molar-refractivity contribution in [3.63, 3.8) is 0 Å². The van der Waals surface area contributed by atoms with E-state index in [9.17, 15) is 24.6 Å². The van der Waals surface area contributed by atoms with Gasteiger partial charge in [0.05, 0.1) is 16.5 Å². The molecule has 4 rings (SSSR count). The molecule has 8 nitrogen and oxygen atoms in total. The standard InChI is InChI=1S/C22H26N2O6S2/c1-12-18-24-13(11-31-18)6-4-5-7-14(25)16-17(30-16)20(2)8-9-22(32-20,10-15(26)23-12)21(3,29)19(27)28/h4-7,11-12,16-17,29H,8-10H2,1-3H3,(H,23,26)(H,27,28)/b6-4-,7-5+/t12-,16+,17-,20-,21-,22+/m0/s1. The van der Waals surface area contributed by atoms with Crippen molar-refractivity contribution in [3.8, 4) is 0 Å². The highest BCUT2D eigenvalue weighted by Gasteiger charge is 2.66. The number of aliphatic hydroxyl groups is 1. The number of carboxylic acids is 1. The summed E-state index contributed by atoms with van der Waals surface area (Å²) in [4.78, 5) is 42.1. The number of nitrogens with zero attached hydrogens (tertiary/aromatic N) is 1. The fourth-order valence-corrected chi connectivity index (χ4v) is 7.29. The predicted octanol–water partition coefficient (Wildman–Crippen LogP) is 2.49. The van der Waals surface area contributed by atoms with Crippen molar-refractivity contribution in [2.24, 2.45) is 0 Å². The van der Waals surface area contributed by atoms with Crippen LogP contribution in [0.15, 0.2) is 23.6 Å². The maximum Gasteiger partial charge on any atom is 0.336 e. The summed E-state index contributed by atoms with van der Waals surface area (Å²) < 4.78 is 3.84. The summed E-state index contributed by atoms with van der Waals surface area (Å²) >= 11 is 2.65. The van der Waals surface area contributed by atoms with E-state index < -0.39 is 33.3 Å². The molecule has 0 aliphatic carbocycles. The number of aromatic nitrogens is 1. The van der Waals surface area contributed by atoms with E-state index in [2.05, 4.69) is 10.3 Å². The van der Waals surface area contributed by atoms with E-state index in [4.69, 9.17) is 4.74 Å². The summed E-state index contributed by atoms with van der Waals surface area (Å²) in [6.07, 6.45) is 6.23. The number of hydrogen-bond donors (Lipinski definition) is 3. The molecule has 32 heavy (non-hydrogen) atoms. The molecule has 3 aliphatic heterocycles. The predicted molar refractivity (Wildman–Crippen MR) is 121 cm³/mol. The molecule has 6 atom stereocenters. The molecule has 172 valence electrons. The Morgan fingerprint density at radius 2 is 2.03 bits per heavy atom. The number of ketones is 1. The van der Waals surface area contributed by atoms with Crippen molar-refractivity contribution < 1.29 is 29.3 Å². The Morgan fingerprint density at radius 1 is 1.31 bits per heavy atom. The number of amides is 1. The molecule has 1 aromatic rings. The SMILES string of the molecule is C[C@@H]1NC(=O)C[C@@]2([C@@](C)(O)C(=O)O)CC[C@](C)(S2)[C@H]2O[C@@H]2C(=O)/C=C/C=C\c2csc1n2. The zero-order valence-corrected chi connectivity index (χ0v) is 19.7.